The SMILES string of the molecule is O=C(Nc1ccc(F)c(S(=O)(=O)N2CCOCC2)c1)[C@@H]1CCCN1C(=O)c1ccco1. The first-order valence-corrected chi connectivity index (χ1v) is 11.3. The molecule has 4 rings (SSSR count). The summed E-state index contributed by atoms with van der Waals surface area (Å²) in [6.45, 7) is 1.13. The number of anilines is 1. The van der Waals surface area contributed by atoms with Crippen LogP contribution in [0.4, 0.5) is 10.1 Å². The van der Waals surface area contributed by atoms with Crippen molar-refractivity contribution < 1.29 is 31.6 Å². The number of hydrogen-bond acceptors (Lipinski definition) is 6. The van der Waals surface area contributed by atoms with Crippen LogP contribution in [0.1, 0.15) is 23.4 Å². The van der Waals surface area contributed by atoms with E-state index in [1.807, 2.05) is 0 Å². The van der Waals surface area contributed by atoms with Gasteiger partial charge in [0.05, 0.1) is 19.5 Å². The van der Waals surface area contributed by atoms with Crippen molar-refractivity contribution >= 4 is 27.5 Å². The summed E-state index contributed by atoms with van der Waals surface area (Å²) < 4.78 is 51.5. The zero-order chi connectivity index (χ0) is 22.0. The second-order valence-corrected chi connectivity index (χ2v) is 9.19. The maximum absolute atomic E-state index is 14.4. The number of hydrogen-bond donors (Lipinski definition) is 1. The molecule has 0 saturated carbocycles. The monoisotopic (exact) mass is 451 g/mol. The van der Waals surface area contributed by atoms with Crippen molar-refractivity contribution in [1.29, 1.82) is 0 Å². The second kappa shape index (κ2) is 8.77. The first kappa shape index (κ1) is 21.5. The highest BCUT2D eigenvalue weighted by molar-refractivity contribution is 7.89. The number of morpholine rings is 1. The van der Waals surface area contributed by atoms with Gasteiger partial charge in [-0.2, -0.15) is 4.31 Å². The summed E-state index contributed by atoms with van der Waals surface area (Å²) in [6, 6.07) is 5.78. The largest absolute Gasteiger partial charge is 0.459 e. The molecule has 1 aromatic carbocycles. The Bertz CT molecular complexity index is 1070. The first-order valence-electron chi connectivity index (χ1n) is 9.91. The zero-order valence-electron chi connectivity index (χ0n) is 16.6. The molecule has 9 nitrogen and oxygen atoms in total. The molecule has 1 atom stereocenters. The van der Waals surface area contributed by atoms with Crippen LogP contribution in [0.2, 0.25) is 0 Å². The molecule has 0 unspecified atom stereocenters. The Morgan fingerprint density at radius 2 is 1.90 bits per heavy atom. The molecule has 1 aromatic heterocycles. The van der Waals surface area contributed by atoms with Gasteiger partial charge in [0.2, 0.25) is 15.9 Å². The Balaban J connectivity index is 1.52. The number of sulfonamides is 1. The summed E-state index contributed by atoms with van der Waals surface area (Å²) in [6.07, 6.45) is 2.48. The van der Waals surface area contributed by atoms with Crippen molar-refractivity contribution in [3.63, 3.8) is 0 Å². The van der Waals surface area contributed by atoms with Gasteiger partial charge in [-0.3, -0.25) is 9.59 Å². The molecule has 0 bridgehead atoms. The van der Waals surface area contributed by atoms with Crippen LogP contribution in [0.5, 0.6) is 0 Å². The van der Waals surface area contributed by atoms with Crippen molar-refractivity contribution in [2.45, 2.75) is 23.8 Å². The topological polar surface area (TPSA) is 109 Å². The second-order valence-electron chi connectivity index (χ2n) is 7.28. The van der Waals surface area contributed by atoms with Crippen molar-refractivity contribution in [2.75, 3.05) is 38.2 Å². The van der Waals surface area contributed by atoms with Crippen LogP contribution >= 0.6 is 0 Å². The molecule has 31 heavy (non-hydrogen) atoms. The number of nitrogens with zero attached hydrogens (tertiary/aromatic N) is 2. The number of ether oxygens (including phenoxy) is 1. The van der Waals surface area contributed by atoms with E-state index < -0.39 is 38.6 Å². The van der Waals surface area contributed by atoms with Crippen LogP contribution in [0.25, 0.3) is 0 Å². The van der Waals surface area contributed by atoms with E-state index in [4.69, 9.17) is 9.15 Å². The number of rotatable bonds is 5. The molecular weight excluding hydrogens is 429 g/mol. The van der Waals surface area contributed by atoms with E-state index in [0.29, 0.717) is 19.4 Å². The lowest BCUT2D eigenvalue weighted by Gasteiger charge is -2.26. The van der Waals surface area contributed by atoms with Crippen molar-refractivity contribution in [3.8, 4) is 0 Å². The van der Waals surface area contributed by atoms with Crippen LogP contribution in [0, 0.1) is 5.82 Å². The summed E-state index contributed by atoms with van der Waals surface area (Å²) in [7, 11) is -4.07. The highest BCUT2D eigenvalue weighted by atomic mass is 32.2. The molecule has 2 fully saturated rings. The van der Waals surface area contributed by atoms with Gasteiger partial charge in [0, 0.05) is 25.3 Å². The Labute approximate surface area is 178 Å². The molecule has 2 aliphatic rings. The summed E-state index contributed by atoms with van der Waals surface area (Å²) >= 11 is 0. The normalized spacial score (nSPS) is 20.0. The first-order chi connectivity index (χ1) is 14.9. The van der Waals surface area contributed by atoms with Crippen LogP contribution in [0.3, 0.4) is 0 Å². The fourth-order valence-corrected chi connectivity index (χ4v) is 5.25. The summed E-state index contributed by atoms with van der Waals surface area (Å²) in [5, 5.41) is 2.62. The number of furan rings is 1. The van der Waals surface area contributed by atoms with Crippen LogP contribution in [0.15, 0.2) is 45.9 Å². The molecule has 2 aromatic rings. The van der Waals surface area contributed by atoms with E-state index in [1.165, 1.54) is 23.3 Å². The molecule has 11 heteroatoms. The highest BCUT2D eigenvalue weighted by Gasteiger charge is 2.36. The lowest BCUT2D eigenvalue weighted by molar-refractivity contribution is -0.119. The number of halogens is 1. The standard InChI is InChI=1S/C20H22FN3O6S/c21-15-6-5-14(13-18(15)31(27,28)23-8-11-29-12-9-23)22-19(25)16-3-1-7-24(16)20(26)17-4-2-10-30-17/h2,4-6,10,13,16H,1,3,7-9,11-12H2,(H,22,25)/t16-/m0/s1. The molecule has 0 spiro atoms. The van der Waals surface area contributed by atoms with E-state index in [1.54, 1.807) is 6.07 Å². The minimum Gasteiger partial charge on any atom is -0.459 e. The Kier molecular flexibility index (Phi) is 6.08. The number of likely N-dealkylation sites (tertiary alicyclic amines) is 1. The van der Waals surface area contributed by atoms with Crippen LogP contribution in [-0.2, 0) is 19.6 Å². The zero-order valence-corrected chi connectivity index (χ0v) is 17.4. The van der Waals surface area contributed by atoms with E-state index in [2.05, 4.69) is 5.32 Å². The highest BCUT2D eigenvalue weighted by Crippen LogP contribution is 2.26. The maximum Gasteiger partial charge on any atom is 0.290 e. The molecule has 166 valence electrons. The quantitative estimate of drug-likeness (QED) is 0.741. The Morgan fingerprint density at radius 1 is 1.13 bits per heavy atom. The minimum atomic E-state index is -4.07. The lowest BCUT2D eigenvalue weighted by atomic mass is 10.2. The smallest absolute Gasteiger partial charge is 0.290 e. The van der Waals surface area contributed by atoms with Gasteiger partial charge in [0.25, 0.3) is 5.91 Å². The van der Waals surface area contributed by atoms with Gasteiger partial charge in [-0.15, -0.1) is 0 Å². The Hall–Kier alpha value is -2.76. The van der Waals surface area contributed by atoms with Crippen molar-refractivity contribution in [3.05, 3.63) is 48.2 Å². The predicted octanol–water partition coefficient (Wildman–Crippen LogP) is 1.68. The molecule has 1 N–H and O–H groups in total. The van der Waals surface area contributed by atoms with Crippen LogP contribution < -0.4 is 5.32 Å². The van der Waals surface area contributed by atoms with Gasteiger partial charge in [0.15, 0.2) is 5.76 Å². The average Bonchev–Trinajstić information content (AvgIpc) is 3.47. The molecule has 0 radical (unpaired) electrons. The van der Waals surface area contributed by atoms with Crippen molar-refractivity contribution in [2.24, 2.45) is 0 Å². The summed E-state index contributed by atoms with van der Waals surface area (Å²) in [5.74, 6) is -1.63. The number of carbonyl (C=O) groups is 2. The van der Waals surface area contributed by atoms with Gasteiger partial charge in [-0.05, 0) is 43.2 Å². The van der Waals surface area contributed by atoms with E-state index in [9.17, 15) is 22.4 Å². The van der Waals surface area contributed by atoms with Crippen LogP contribution in [-0.4, -0.2) is 68.3 Å². The van der Waals surface area contributed by atoms with Gasteiger partial charge in [-0.25, -0.2) is 12.8 Å². The van der Waals surface area contributed by atoms with E-state index in [-0.39, 0.29) is 37.8 Å². The molecule has 2 aliphatic heterocycles. The maximum atomic E-state index is 14.4. The van der Waals surface area contributed by atoms with Gasteiger partial charge >= 0.3 is 0 Å². The third-order valence-electron chi connectivity index (χ3n) is 5.33. The van der Waals surface area contributed by atoms with E-state index >= 15 is 0 Å². The number of nitrogens with one attached hydrogen (secondary N) is 1. The van der Waals surface area contributed by atoms with E-state index in [0.717, 1.165) is 16.4 Å². The predicted molar refractivity (Wildman–Crippen MR) is 107 cm³/mol. The molecule has 0 aliphatic carbocycles. The summed E-state index contributed by atoms with van der Waals surface area (Å²) in [5.41, 5.74) is 0.135. The lowest BCUT2D eigenvalue weighted by Crippen LogP contribution is -2.43. The number of amides is 2. The molecule has 3 heterocycles. The molecule has 2 amide bonds. The Morgan fingerprint density at radius 3 is 2.61 bits per heavy atom. The molecule has 2 saturated heterocycles. The molecular formula is C20H22FN3O6S. The van der Waals surface area contributed by atoms with Gasteiger partial charge in [-0.1, -0.05) is 0 Å². The van der Waals surface area contributed by atoms with Gasteiger partial charge < -0.3 is 19.4 Å². The summed E-state index contributed by atoms with van der Waals surface area (Å²) in [4.78, 5) is 26.3. The average molecular weight is 451 g/mol. The fourth-order valence-electron chi connectivity index (χ4n) is 3.75. The van der Waals surface area contributed by atoms with Crippen molar-refractivity contribution in [1.82, 2.24) is 9.21 Å². The van der Waals surface area contributed by atoms with Gasteiger partial charge in [0.1, 0.15) is 16.8 Å². The fraction of sp³-hybridized carbons (Fsp3) is 0.400. The minimum absolute atomic E-state index is 0.129. The number of benzene rings is 1. The third kappa shape index (κ3) is 4.34. The third-order valence-corrected chi connectivity index (χ3v) is 7.25. The number of carbonyl (C=O) groups excluding carboxylic acids is 2.